The maximum atomic E-state index is 13.3. The van der Waals surface area contributed by atoms with Crippen LogP contribution in [0.1, 0.15) is 17.5 Å². The lowest BCUT2D eigenvalue weighted by atomic mass is 10.1. The molecular weight excluding hydrogens is 345 g/mol. The lowest BCUT2D eigenvalue weighted by Crippen LogP contribution is -2.37. The van der Waals surface area contributed by atoms with Crippen molar-refractivity contribution >= 4 is 22.7 Å². The monoisotopic (exact) mass is 365 g/mol. The molecular formula is C21H20FN3O2. The molecule has 3 aromatic rings. The number of para-hydroxylation sites is 1. The first-order chi connectivity index (χ1) is 13.1. The van der Waals surface area contributed by atoms with Gasteiger partial charge in [-0.2, -0.15) is 0 Å². The van der Waals surface area contributed by atoms with Gasteiger partial charge in [0, 0.05) is 36.6 Å². The summed E-state index contributed by atoms with van der Waals surface area (Å²) in [6.45, 7) is 0.792. The Morgan fingerprint density at radius 2 is 2.07 bits per heavy atom. The Balaban J connectivity index is 1.36. The van der Waals surface area contributed by atoms with Crippen molar-refractivity contribution in [1.29, 1.82) is 0 Å². The van der Waals surface area contributed by atoms with Gasteiger partial charge in [0.15, 0.2) is 0 Å². The van der Waals surface area contributed by atoms with Crippen molar-refractivity contribution in [1.82, 2.24) is 15.2 Å². The quantitative estimate of drug-likeness (QED) is 0.730. The number of hydrogen-bond donors (Lipinski definition) is 2. The third kappa shape index (κ3) is 3.84. The van der Waals surface area contributed by atoms with Crippen molar-refractivity contribution in [3.63, 3.8) is 0 Å². The molecule has 1 aliphatic heterocycles. The maximum absolute atomic E-state index is 13.3. The van der Waals surface area contributed by atoms with Gasteiger partial charge in [-0.1, -0.05) is 30.3 Å². The van der Waals surface area contributed by atoms with E-state index in [0.717, 1.165) is 22.0 Å². The second-order valence-corrected chi connectivity index (χ2v) is 6.91. The molecule has 0 aliphatic carbocycles. The number of rotatable bonds is 5. The van der Waals surface area contributed by atoms with Crippen molar-refractivity contribution < 1.29 is 14.0 Å². The molecule has 1 saturated heterocycles. The molecule has 2 heterocycles. The van der Waals surface area contributed by atoms with Crippen molar-refractivity contribution in [2.24, 2.45) is 0 Å². The van der Waals surface area contributed by atoms with E-state index in [9.17, 15) is 14.0 Å². The van der Waals surface area contributed by atoms with Gasteiger partial charge in [0.05, 0.1) is 12.5 Å². The number of aromatic nitrogens is 1. The summed E-state index contributed by atoms with van der Waals surface area (Å²) in [6, 6.07) is 13.8. The number of carbonyl (C=O) groups is 2. The molecule has 0 unspecified atom stereocenters. The SMILES string of the molecule is O=C(Cc1c[nH]c2ccccc12)N[C@H]1CC(=O)N(Cc2cccc(F)c2)C1. The van der Waals surface area contributed by atoms with Crippen molar-refractivity contribution in [2.45, 2.75) is 25.4 Å². The van der Waals surface area contributed by atoms with E-state index in [0.29, 0.717) is 13.1 Å². The fourth-order valence-electron chi connectivity index (χ4n) is 3.61. The summed E-state index contributed by atoms with van der Waals surface area (Å²) in [5.41, 5.74) is 2.68. The third-order valence-corrected chi connectivity index (χ3v) is 4.87. The molecule has 27 heavy (non-hydrogen) atoms. The number of hydrogen-bond acceptors (Lipinski definition) is 2. The first kappa shape index (κ1) is 17.3. The van der Waals surface area contributed by atoms with Crippen LogP contribution in [-0.2, 0) is 22.6 Å². The molecule has 4 rings (SSSR count). The summed E-state index contributed by atoms with van der Waals surface area (Å²) in [4.78, 5) is 29.5. The highest BCUT2D eigenvalue weighted by Crippen LogP contribution is 2.19. The molecule has 1 aliphatic rings. The molecule has 2 N–H and O–H groups in total. The highest BCUT2D eigenvalue weighted by Gasteiger charge is 2.30. The molecule has 5 nitrogen and oxygen atoms in total. The summed E-state index contributed by atoms with van der Waals surface area (Å²) < 4.78 is 13.3. The largest absolute Gasteiger partial charge is 0.361 e. The van der Waals surface area contributed by atoms with Crippen LogP contribution in [-0.4, -0.2) is 34.3 Å². The number of nitrogens with one attached hydrogen (secondary N) is 2. The van der Waals surface area contributed by atoms with E-state index in [2.05, 4.69) is 10.3 Å². The van der Waals surface area contributed by atoms with Crippen LogP contribution in [0.4, 0.5) is 4.39 Å². The van der Waals surface area contributed by atoms with Gasteiger partial charge in [-0.25, -0.2) is 4.39 Å². The van der Waals surface area contributed by atoms with Crippen LogP contribution in [0.2, 0.25) is 0 Å². The Kier molecular flexibility index (Phi) is 4.62. The predicted octanol–water partition coefficient (Wildman–Crippen LogP) is 2.77. The minimum Gasteiger partial charge on any atom is -0.361 e. The van der Waals surface area contributed by atoms with Gasteiger partial charge in [0.2, 0.25) is 11.8 Å². The van der Waals surface area contributed by atoms with Crippen LogP contribution >= 0.6 is 0 Å². The molecule has 2 amide bonds. The Hall–Kier alpha value is -3.15. The minimum absolute atomic E-state index is 0.0309. The molecule has 0 spiro atoms. The van der Waals surface area contributed by atoms with Crippen LogP contribution in [0.25, 0.3) is 10.9 Å². The van der Waals surface area contributed by atoms with E-state index in [-0.39, 0.29) is 36.5 Å². The summed E-state index contributed by atoms with van der Waals surface area (Å²) in [5.74, 6) is -0.454. The number of nitrogens with zero attached hydrogens (tertiary/aromatic N) is 1. The summed E-state index contributed by atoms with van der Waals surface area (Å²) in [5, 5.41) is 3.98. The first-order valence-corrected chi connectivity index (χ1v) is 8.95. The van der Waals surface area contributed by atoms with Crippen molar-refractivity contribution in [3.8, 4) is 0 Å². The molecule has 2 aromatic carbocycles. The van der Waals surface area contributed by atoms with Crippen LogP contribution in [0.15, 0.2) is 54.7 Å². The van der Waals surface area contributed by atoms with Crippen molar-refractivity contribution in [3.05, 3.63) is 71.7 Å². The number of halogens is 1. The van der Waals surface area contributed by atoms with Crippen LogP contribution in [0.5, 0.6) is 0 Å². The van der Waals surface area contributed by atoms with Gasteiger partial charge < -0.3 is 15.2 Å². The van der Waals surface area contributed by atoms with Crippen LogP contribution in [0.3, 0.4) is 0 Å². The molecule has 1 aromatic heterocycles. The Morgan fingerprint density at radius 3 is 2.93 bits per heavy atom. The van der Waals surface area contributed by atoms with Gasteiger partial charge in [-0.3, -0.25) is 9.59 Å². The second kappa shape index (κ2) is 7.23. The van der Waals surface area contributed by atoms with Gasteiger partial charge in [0.25, 0.3) is 0 Å². The number of aromatic amines is 1. The van der Waals surface area contributed by atoms with Gasteiger partial charge in [-0.15, -0.1) is 0 Å². The number of H-pyrrole nitrogens is 1. The summed E-state index contributed by atoms with van der Waals surface area (Å²) >= 11 is 0. The van der Waals surface area contributed by atoms with E-state index in [4.69, 9.17) is 0 Å². The fraction of sp³-hybridized carbons (Fsp3) is 0.238. The number of amides is 2. The topological polar surface area (TPSA) is 65.2 Å². The van der Waals surface area contributed by atoms with E-state index in [1.165, 1.54) is 12.1 Å². The first-order valence-electron chi connectivity index (χ1n) is 8.95. The molecule has 0 saturated carbocycles. The van der Waals surface area contributed by atoms with Crippen LogP contribution in [0, 0.1) is 5.82 Å². The van der Waals surface area contributed by atoms with E-state index in [1.807, 2.05) is 30.5 Å². The fourth-order valence-corrected chi connectivity index (χ4v) is 3.61. The van der Waals surface area contributed by atoms with E-state index in [1.54, 1.807) is 17.0 Å². The smallest absolute Gasteiger partial charge is 0.225 e. The second-order valence-electron chi connectivity index (χ2n) is 6.91. The highest BCUT2D eigenvalue weighted by atomic mass is 19.1. The molecule has 0 bridgehead atoms. The Labute approximate surface area is 156 Å². The van der Waals surface area contributed by atoms with E-state index >= 15 is 0 Å². The molecule has 1 fully saturated rings. The third-order valence-electron chi connectivity index (χ3n) is 4.87. The number of benzene rings is 2. The molecule has 0 radical (unpaired) electrons. The Morgan fingerprint density at radius 1 is 1.22 bits per heavy atom. The average molecular weight is 365 g/mol. The highest BCUT2D eigenvalue weighted by molar-refractivity contribution is 5.89. The summed E-state index contributed by atoms with van der Waals surface area (Å²) in [7, 11) is 0. The zero-order valence-corrected chi connectivity index (χ0v) is 14.7. The molecule has 6 heteroatoms. The lowest BCUT2D eigenvalue weighted by molar-refractivity contribution is -0.128. The van der Waals surface area contributed by atoms with Crippen molar-refractivity contribution in [2.75, 3.05) is 6.54 Å². The number of likely N-dealkylation sites (tertiary alicyclic amines) is 1. The van der Waals surface area contributed by atoms with E-state index < -0.39 is 0 Å². The van der Waals surface area contributed by atoms with Gasteiger partial charge in [0.1, 0.15) is 5.82 Å². The molecule has 138 valence electrons. The van der Waals surface area contributed by atoms with Gasteiger partial charge >= 0.3 is 0 Å². The standard InChI is InChI=1S/C21H20FN3O2/c22-16-5-3-4-14(8-16)12-25-13-17(10-21(25)27)24-20(26)9-15-11-23-19-7-2-1-6-18(15)19/h1-8,11,17,23H,9-10,12-13H2,(H,24,26)/t17-/m0/s1. The lowest BCUT2D eigenvalue weighted by Gasteiger charge is -2.17. The normalized spacial score (nSPS) is 16.9. The maximum Gasteiger partial charge on any atom is 0.225 e. The number of fused-ring (bicyclic) bond motifs is 1. The molecule has 1 atom stereocenters. The average Bonchev–Trinajstić information content (AvgIpc) is 3.19. The zero-order valence-electron chi connectivity index (χ0n) is 14.7. The zero-order chi connectivity index (χ0) is 18.8. The minimum atomic E-state index is -0.317. The van der Waals surface area contributed by atoms with Crippen LogP contribution < -0.4 is 5.32 Å². The summed E-state index contributed by atoms with van der Waals surface area (Å²) in [6.07, 6.45) is 2.38. The predicted molar refractivity (Wildman–Crippen MR) is 100 cm³/mol. The Bertz CT molecular complexity index is 998. The number of carbonyl (C=O) groups excluding carboxylic acids is 2. The van der Waals surface area contributed by atoms with Gasteiger partial charge in [-0.05, 0) is 29.3 Å².